The molecular weight excluding hydrogens is 214 g/mol. The Balaban J connectivity index is 2.03. The van der Waals surface area contributed by atoms with Crippen molar-refractivity contribution in [1.82, 2.24) is 0 Å². The summed E-state index contributed by atoms with van der Waals surface area (Å²) in [6.45, 7) is 0. The van der Waals surface area contributed by atoms with Gasteiger partial charge in [0.1, 0.15) is 0 Å². The lowest BCUT2D eigenvalue weighted by atomic mass is 9.99. The van der Waals surface area contributed by atoms with Gasteiger partial charge in [-0.2, -0.15) is 0 Å². The molecule has 3 nitrogen and oxygen atoms in total. The van der Waals surface area contributed by atoms with E-state index in [1.165, 1.54) is 12.7 Å². The summed E-state index contributed by atoms with van der Waals surface area (Å²) in [4.78, 5) is 15.8. The molecule has 1 heterocycles. The average Bonchev–Trinajstić information content (AvgIpc) is 2.75. The summed E-state index contributed by atoms with van der Waals surface area (Å²) < 4.78 is 4.71. The number of fused-ring (bicyclic) bond motifs is 3. The third-order valence-corrected chi connectivity index (χ3v) is 3.03. The van der Waals surface area contributed by atoms with Crippen molar-refractivity contribution in [3.8, 4) is 0 Å². The number of hydrogen-bond acceptors (Lipinski definition) is 3. The van der Waals surface area contributed by atoms with Gasteiger partial charge in [0.25, 0.3) is 0 Å². The van der Waals surface area contributed by atoms with Crippen LogP contribution in [0.3, 0.4) is 0 Å². The van der Waals surface area contributed by atoms with Crippen molar-refractivity contribution in [3.63, 3.8) is 0 Å². The maximum absolute atomic E-state index is 11.4. The second-order valence-electron chi connectivity index (χ2n) is 4.06. The quantitative estimate of drug-likeness (QED) is 0.688. The second kappa shape index (κ2) is 3.70. The number of allylic oxidation sites excluding steroid dienone is 1. The first-order chi connectivity index (χ1) is 8.29. The van der Waals surface area contributed by atoms with Gasteiger partial charge in [0.05, 0.1) is 18.4 Å². The third-order valence-electron chi connectivity index (χ3n) is 3.03. The zero-order valence-corrected chi connectivity index (χ0v) is 9.43. The highest BCUT2D eigenvalue weighted by molar-refractivity contribution is 6.22. The number of carbonyl (C=O) groups is 1. The van der Waals surface area contributed by atoms with E-state index in [1.807, 2.05) is 12.1 Å². The number of carbonyl (C=O) groups excluding carboxylic acids is 1. The van der Waals surface area contributed by atoms with E-state index in [0.29, 0.717) is 12.0 Å². The lowest BCUT2D eigenvalue weighted by Gasteiger charge is -2.12. The summed E-state index contributed by atoms with van der Waals surface area (Å²) in [7, 11) is 1.39. The monoisotopic (exact) mass is 225 g/mol. The van der Waals surface area contributed by atoms with Gasteiger partial charge in [0.2, 0.25) is 0 Å². The number of nitrogens with zero attached hydrogens (tertiary/aromatic N) is 1. The van der Waals surface area contributed by atoms with Gasteiger partial charge in [0.15, 0.2) is 0 Å². The Morgan fingerprint density at radius 3 is 3.00 bits per heavy atom. The van der Waals surface area contributed by atoms with Crippen LogP contribution in [-0.2, 0) is 9.53 Å². The maximum atomic E-state index is 11.4. The summed E-state index contributed by atoms with van der Waals surface area (Å²) in [6, 6.07) is 8.11. The van der Waals surface area contributed by atoms with Crippen LogP contribution in [0.15, 0.2) is 46.6 Å². The first-order valence-electron chi connectivity index (χ1n) is 5.45. The van der Waals surface area contributed by atoms with E-state index in [9.17, 15) is 4.79 Å². The van der Waals surface area contributed by atoms with Crippen molar-refractivity contribution in [2.45, 2.75) is 6.42 Å². The van der Waals surface area contributed by atoms with Crippen LogP contribution in [-0.4, -0.2) is 18.8 Å². The van der Waals surface area contributed by atoms with Crippen LogP contribution in [0, 0.1) is 0 Å². The molecule has 1 aromatic carbocycles. The molecule has 84 valence electrons. The molecule has 0 radical (unpaired) electrons. The molecule has 0 amide bonds. The number of ether oxygens (including phenoxy) is 1. The van der Waals surface area contributed by atoms with Crippen molar-refractivity contribution in [1.29, 1.82) is 0 Å². The smallest absolute Gasteiger partial charge is 0.335 e. The predicted octanol–water partition coefficient (Wildman–Crippen LogP) is 2.33. The molecule has 0 atom stereocenters. The molecule has 1 aliphatic carbocycles. The van der Waals surface area contributed by atoms with E-state index < -0.39 is 0 Å². The standard InChI is InChI=1S/C14H11NO2/c1-17-14(16)11-7-10-6-9-4-2-3-5-12(9)13(10)15-8-11/h2-6,8H,7H2,1H3. The van der Waals surface area contributed by atoms with Crippen LogP contribution < -0.4 is 0 Å². The maximum Gasteiger partial charge on any atom is 0.335 e. The normalized spacial score (nSPS) is 16.4. The molecule has 0 saturated heterocycles. The molecule has 3 rings (SSSR count). The molecule has 0 unspecified atom stereocenters. The van der Waals surface area contributed by atoms with Crippen LogP contribution in [0.25, 0.3) is 6.08 Å². The van der Waals surface area contributed by atoms with Crippen molar-refractivity contribution in [3.05, 3.63) is 52.7 Å². The van der Waals surface area contributed by atoms with Crippen molar-refractivity contribution >= 4 is 17.8 Å². The highest BCUT2D eigenvalue weighted by atomic mass is 16.5. The summed E-state index contributed by atoms with van der Waals surface area (Å²) in [5.41, 5.74) is 4.99. The van der Waals surface area contributed by atoms with E-state index in [0.717, 1.165) is 16.8 Å². The average molecular weight is 225 g/mol. The van der Waals surface area contributed by atoms with Gasteiger partial charge in [0, 0.05) is 18.2 Å². The minimum absolute atomic E-state index is 0.301. The molecule has 17 heavy (non-hydrogen) atoms. The van der Waals surface area contributed by atoms with E-state index in [2.05, 4.69) is 23.2 Å². The number of esters is 1. The SMILES string of the molecule is COC(=O)C1=CN=C2C(=Cc3ccccc32)C1. The van der Waals surface area contributed by atoms with Crippen LogP contribution in [0.5, 0.6) is 0 Å². The molecule has 0 bridgehead atoms. The molecule has 0 spiro atoms. The Morgan fingerprint density at radius 1 is 1.35 bits per heavy atom. The Labute approximate surface area is 99.1 Å². The number of methoxy groups -OCH3 is 1. The molecular formula is C14H11NO2. The van der Waals surface area contributed by atoms with Gasteiger partial charge in [-0.15, -0.1) is 0 Å². The van der Waals surface area contributed by atoms with E-state index in [4.69, 9.17) is 4.74 Å². The summed E-state index contributed by atoms with van der Waals surface area (Å²) >= 11 is 0. The second-order valence-corrected chi connectivity index (χ2v) is 4.06. The zero-order valence-electron chi connectivity index (χ0n) is 9.43. The van der Waals surface area contributed by atoms with Crippen molar-refractivity contribution in [2.24, 2.45) is 4.99 Å². The number of hydrogen-bond donors (Lipinski definition) is 0. The first-order valence-corrected chi connectivity index (χ1v) is 5.45. The number of benzene rings is 1. The minimum Gasteiger partial charge on any atom is -0.466 e. The van der Waals surface area contributed by atoms with Crippen LogP contribution in [0.1, 0.15) is 17.5 Å². The lowest BCUT2D eigenvalue weighted by molar-refractivity contribution is -0.136. The molecule has 0 saturated carbocycles. The molecule has 0 fully saturated rings. The fraction of sp³-hybridized carbons (Fsp3) is 0.143. The minimum atomic E-state index is -0.301. The molecule has 0 N–H and O–H groups in total. The van der Waals surface area contributed by atoms with Crippen LogP contribution >= 0.6 is 0 Å². The largest absolute Gasteiger partial charge is 0.466 e. The lowest BCUT2D eigenvalue weighted by Crippen LogP contribution is -2.12. The topological polar surface area (TPSA) is 38.7 Å². The highest BCUT2D eigenvalue weighted by Crippen LogP contribution is 2.32. The van der Waals surface area contributed by atoms with Gasteiger partial charge in [-0.3, -0.25) is 4.99 Å². The van der Waals surface area contributed by atoms with Crippen LogP contribution in [0.4, 0.5) is 0 Å². The Bertz CT molecular complexity index is 594. The molecule has 3 heteroatoms. The van der Waals surface area contributed by atoms with Gasteiger partial charge in [-0.25, -0.2) is 4.79 Å². The number of aliphatic imine (C=N–C) groups is 1. The van der Waals surface area contributed by atoms with Gasteiger partial charge in [-0.05, 0) is 17.2 Å². The zero-order chi connectivity index (χ0) is 11.8. The third kappa shape index (κ3) is 1.51. The molecule has 1 aromatic rings. The fourth-order valence-corrected chi connectivity index (χ4v) is 2.20. The van der Waals surface area contributed by atoms with E-state index in [1.54, 1.807) is 6.20 Å². The van der Waals surface area contributed by atoms with Crippen molar-refractivity contribution < 1.29 is 9.53 Å². The molecule has 0 aromatic heterocycles. The predicted molar refractivity (Wildman–Crippen MR) is 65.7 cm³/mol. The summed E-state index contributed by atoms with van der Waals surface area (Å²) in [5.74, 6) is -0.301. The van der Waals surface area contributed by atoms with Crippen LogP contribution in [0.2, 0.25) is 0 Å². The molecule has 2 aliphatic rings. The summed E-state index contributed by atoms with van der Waals surface area (Å²) in [6.07, 6.45) is 4.30. The Morgan fingerprint density at radius 2 is 2.18 bits per heavy atom. The van der Waals surface area contributed by atoms with Gasteiger partial charge in [-0.1, -0.05) is 24.3 Å². The van der Waals surface area contributed by atoms with E-state index >= 15 is 0 Å². The van der Waals surface area contributed by atoms with Crippen molar-refractivity contribution in [2.75, 3.05) is 7.11 Å². The fourth-order valence-electron chi connectivity index (χ4n) is 2.20. The molecule has 1 aliphatic heterocycles. The van der Waals surface area contributed by atoms with Gasteiger partial charge >= 0.3 is 5.97 Å². The Kier molecular flexibility index (Phi) is 2.18. The van der Waals surface area contributed by atoms with E-state index in [-0.39, 0.29) is 5.97 Å². The Hall–Kier alpha value is -2.16. The van der Waals surface area contributed by atoms with Gasteiger partial charge < -0.3 is 4.74 Å². The highest BCUT2D eigenvalue weighted by Gasteiger charge is 2.25. The first kappa shape index (κ1) is 10.0. The summed E-state index contributed by atoms with van der Waals surface area (Å²) in [5, 5.41) is 0. The number of rotatable bonds is 1.